The van der Waals surface area contributed by atoms with Gasteiger partial charge in [0.1, 0.15) is 18.2 Å². The average molecular weight is 435 g/mol. The number of non-ortho nitro benzene ring substituents is 1. The standard InChI is InChI=1S/C23H18FN3O5/c24-17-3-1-2-13(8-17)12-32-19-7-6-18(27(30)31)10-16(19)11-25-26-22(28)20-14-4-5-15(9-14)21(20)23(26)29/h1-8,10-11,14-15,20-21H,9,12H2/t14-,15-,20-,21+/m0/s1. The average Bonchev–Trinajstić information content (AvgIpc) is 3.45. The number of imide groups is 1. The monoisotopic (exact) mass is 435 g/mol. The van der Waals surface area contributed by atoms with E-state index in [2.05, 4.69) is 5.10 Å². The Kier molecular flexibility index (Phi) is 4.80. The van der Waals surface area contributed by atoms with Gasteiger partial charge in [0.2, 0.25) is 0 Å². The maximum Gasteiger partial charge on any atom is 0.270 e. The van der Waals surface area contributed by atoms with Gasteiger partial charge in [0.25, 0.3) is 17.5 Å². The van der Waals surface area contributed by atoms with Gasteiger partial charge in [0.05, 0.1) is 23.0 Å². The van der Waals surface area contributed by atoms with E-state index in [1.165, 1.54) is 36.5 Å². The topological polar surface area (TPSA) is 102 Å². The fraction of sp³-hybridized carbons (Fsp3) is 0.261. The molecule has 0 spiro atoms. The van der Waals surface area contributed by atoms with E-state index >= 15 is 0 Å². The number of amides is 2. The maximum atomic E-state index is 13.4. The third-order valence-electron chi connectivity index (χ3n) is 6.25. The van der Waals surface area contributed by atoms with Crippen molar-refractivity contribution < 1.29 is 23.6 Å². The van der Waals surface area contributed by atoms with E-state index in [0.717, 1.165) is 11.4 Å². The van der Waals surface area contributed by atoms with Gasteiger partial charge in [-0.1, -0.05) is 24.3 Å². The zero-order valence-corrected chi connectivity index (χ0v) is 16.8. The van der Waals surface area contributed by atoms with Crippen LogP contribution in [0.5, 0.6) is 5.75 Å². The van der Waals surface area contributed by atoms with E-state index in [4.69, 9.17) is 4.74 Å². The summed E-state index contributed by atoms with van der Waals surface area (Å²) in [7, 11) is 0. The predicted molar refractivity (Wildman–Crippen MR) is 111 cm³/mol. The number of fused-ring (bicyclic) bond motifs is 5. The number of nitrogens with zero attached hydrogens (tertiary/aromatic N) is 3. The lowest BCUT2D eigenvalue weighted by atomic mass is 9.85. The Balaban J connectivity index is 1.40. The molecule has 2 aromatic rings. The number of nitro benzene ring substituents is 1. The molecule has 0 aromatic heterocycles. The highest BCUT2D eigenvalue weighted by molar-refractivity contribution is 6.07. The van der Waals surface area contributed by atoms with Gasteiger partial charge >= 0.3 is 0 Å². The third kappa shape index (κ3) is 3.35. The van der Waals surface area contributed by atoms with Gasteiger partial charge < -0.3 is 4.74 Å². The summed E-state index contributed by atoms with van der Waals surface area (Å²) in [6.45, 7) is 0.0250. The number of allylic oxidation sites excluding steroid dienone is 2. The normalized spacial score (nSPS) is 25.7. The Morgan fingerprint density at radius 3 is 2.50 bits per heavy atom. The van der Waals surface area contributed by atoms with Crippen LogP contribution in [0.2, 0.25) is 0 Å². The third-order valence-corrected chi connectivity index (χ3v) is 6.25. The molecule has 1 heterocycles. The van der Waals surface area contributed by atoms with Crippen molar-refractivity contribution in [2.24, 2.45) is 28.8 Å². The van der Waals surface area contributed by atoms with Crippen molar-refractivity contribution in [3.63, 3.8) is 0 Å². The van der Waals surface area contributed by atoms with E-state index in [-0.39, 0.29) is 59.1 Å². The molecular weight excluding hydrogens is 417 g/mol. The zero-order valence-electron chi connectivity index (χ0n) is 16.8. The number of carbonyl (C=O) groups excluding carboxylic acids is 2. The molecule has 8 nitrogen and oxygen atoms in total. The molecule has 1 saturated heterocycles. The van der Waals surface area contributed by atoms with Crippen LogP contribution in [0.25, 0.3) is 0 Å². The van der Waals surface area contributed by atoms with Crippen molar-refractivity contribution in [2.45, 2.75) is 13.0 Å². The van der Waals surface area contributed by atoms with E-state index in [1.54, 1.807) is 12.1 Å². The van der Waals surface area contributed by atoms with Crippen LogP contribution in [0.15, 0.2) is 59.7 Å². The van der Waals surface area contributed by atoms with Crippen LogP contribution in [0.3, 0.4) is 0 Å². The summed E-state index contributed by atoms with van der Waals surface area (Å²) in [5.41, 5.74) is 0.615. The number of hydrazone groups is 1. The fourth-order valence-electron chi connectivity index (χ4n) is 4.79. The second-order valence-corrected chi connectivity index (χ2v) is 8.13. The molecular formula is C23H18FN3O5. The first-order valence-corrected chi connectivity index (χ1v) is 10.2. The van der Waals surface area contributed by atoms with Gasteiger partial charge in [0, 0.05) is 17.7 Å². The van der Waals surface area contributed by atoms with E-state index in [9.17, 15) is 24.1 Å². The van der Waals surface area contributed by atoms with Crippen LogP contribution < -0.4 is 4.74 Å². The fourth-order valence-corrected chi connectivity index (χ4v) is 4.79. The highest BCUT2D eigenvalue weighted by Crippen LogP contribution is 2.52. The second kappa shape index (κ2) is 7.67. The summed E-state index contributed by atoms with van der Waals surface area (Å²) in [4.78, 5) is 36.2. The number of ether oxygens (including phenoxy) is 1. The van der Waals surface area contributed by atoms with Crippen LogP contribution in [0, 0.1) is 39.6 Å². The number of rotatable bonds is 6. The summed E-state index contributed by atoms with van der Waals surface area (Å²) in [5.74, 6) is -1.50. The lowest BCUT2D eigenvalue weighted by Crippen LogP contribution is -2.28. The minimum Gasteiger partial charge on any atom is -0.488 e. The zero-order chi connectivity index (χ0) is 22.4. The Morgan fingerprint density at radius 2 is 1.84 bits per heavy atom. The molecule has 2 aliphatic carbocycles. The highest BCUT2D eigenvalue weighted by atomic mass is 19.1. The molecule has 0 radical (unpaired) electrons. The first-order valence-electron chi connectivity index (χ1n) is 10.2. The molecule has 0 N–H and O–H groups in total. The summed E-state index contributed by atoms with van der Waals surface area (Å²) in [6.07, 6.45) is 6.01. The van der Waals surface area contributed by atoms with Gasteiger partial charge in [-0.3, -0.25) is 19.7 Å². The minimum absolute atomic E-state index is 0.0250. The summed E-state index contributed by atoms with van der Waals surface area (Å²) < 4.78 is 19.1. The molecule has 2 fully saturated rings. The van der Waals surface area contributed by atoms with Crippen LogP contribution in [0.1, 0.15) is 17.5 Å². The van der Waals surface area contributed by atoms with Crippen molar-refractivity contribution in [1.82, 2.24) is 5.01 Å². The van der Waals surface area contributed by atoms with E-state index in [0.29, 0.717) is 5.56 Å². The summed E-state index contributed by atoms with van der Waals surface area (Å²) >= 11 is 0. The van der Waals surface area contributed by atoms with Gasteiger partial charge in [-0.15, -0.1) is 0 Å². The molecule has 1 saturated carbocycles. The van der Waals surface area contributed by atoms with Crippen molar-refractivity contribution >= 4 is 23.7 Å². The number of hydrogen-bond acceptors (Lipinski definition) is 6. The van der Waals surface area contributed by atoms with E-state index in [1.807, 2.05) is 12.2 Å². The van der Waals surface area contributed by atoms with Crippen LogP contribution >= 0.6 is 0 Å². The molecule has 32 heavy (non-hydrogen) atoms. The first-order chi connectivity index (χ1) is 15.4. The smallest absolute Gasteiger partial charge is 0.270 e. The number of benzene rings is 2. The van der Waals surface area contributed by atoms with Gasteiger partial charge in [-0.25, -0.2) is 4.39 Å². The Hall–Kier alpha value is -3.88. The van der Waals surface area contributed by atoms with Crippen LogP contribution in [-0.2, 0) is 16.2 Å². The molecule has 1 aliphatic heterocycles. The maximum absolute atomic E-state index is 13.4. The second-order valence-electron chi connectivity index (χ2n) is 8.13. The number of halogens is 1. The van der Waals surface area contributed by atoms with Crippen molar-refractivity contribution in [3.05, 3.63) is 81.7 Å². The lowest BCUT2D eigenvalue weighted by Gasteiger charge is -2.13. The molecule has 2 aromatic carbocycles. The van der Waals surface area contributed by atoms with Gasteiger partial charge in [-0.2, -0.15) is 10.1 Å². The van der Waals surface area contributed by atoms with Gasteiger partial charge in [0.15, 0.2) is 0 Å². The van der Waals surface area contributed by atoms with Crippen LogP contribution in [-0.4, -0.2) is 28.0 Å². The first kappa shape index (κ1) is 20.0. The molecule has 2 bridgehead atoms. The number of hydrogen-bond donors (Lipinski definition) is 0. The Bertz CT molecular complexity index is 1160. The molecule has 2 amide bonds. The van der Waals surface area contributed by atoms with E-state index < -0.39 is 10.7 Å². The molecule has 0 unspecified atom stereocenters. The molecule has 4 atom stereocenters. The molecule has 9 heteroatoms. The quantitative estimate of drug-likeness (QED) is 0.227. The molecule has 162 valence electrons. The summed E-state index contributed by atoms with van der Waals surface area (Å²) in [6, 6.07) is 9.81. The SMILES string of the molecule is O=C1[C@@H]2[C@H](C(=O)N1N=Cc1cc([N+](=O)[O-])ccc1OCc1cccc(F)c1)[C@H]1C=C[C@H]2C1. The Labute approximate surface area is 182 Å². The lowest BCUT2D eigenvalue weighted by molar-refractivity contribution is -0.384. The molecule has 3 aliphatic rings. The van der Waals surface area contributed by atoms with Gasteiger partial charge in [-0.05, 0) is 42.0 Å². The Morgan fingerprint density at radius 1 is 1.12 bits per heavy atom. The van der Waals surface area contributed by atoms with Crippen molar-refractivity contribution in [1.29, 1.82) is 0 Å². The molecule has 5 rings (SSSR count). The van der Waals surface area contributed by atoms with Crippen molar-refractivity contribution in [3.8, 4) is 5.75 Å². The van der Waals surface area contributed by atoms with Crippen LogP contribution in [0.4, 0.5) is 10.1 Å². The number of carbonyl (C=O) groups is 2. The minimum atomic E-state index is -0.562. The predicted octanol–water partition coefficient (Wildman–Crippen LogP) is 3.45. The largest absolute Gasteiger partial charge is 0.488 e. The van der Waals surface area contributed by atoms with Crippen molar-refractivity contribution in [2.75, 3.05) is 0 Å². The highest BCUT2D eigenvalue weighted by Gasteiger charge is 2.59. The number of nitro groups is 1. The summed E-state index contributed by atoms with van der Waals surface area (Å²) in [5, 5.41) is 16.2.